The summed E-state index contributed by atoms with van der Waals surface area (Å²) in [6, 6.07) is 29.2. The Morgan fingerprint density at radius 1 is 0.326 bits per heavy atom. The summed E-state index contributed by atoms with van der Waals surface area (Å²) in [5, 5.41) is 25.9. The van der Waals surface area contributed by atoms with Gasteiger partial charge in [0.2, 0.25) is 23.8 Å². The molecule has 10 rings (SSSR count). The lowest BCUT2D eigenvalue weighted by Gasteiger charge is -2.11. The Morgan fingerprint density at radius 2 is 0.652 bits per heavy atom. The number of nitrogens with one attached hydrogen (secondary N) is 6. The van der Waals surface area contributed by atoms with Gasteiger partial charge in [-0.3, -0.25) is 37.3 Å². The van der Waals surface area contributed by atoms with Gasteiger partial charge >= 0.3 is 11.4 Å². The van der Waals surface area contributed by atoms with Crippen LogP contribution in [0.4, 0.5) is 69.3 Å². The number of azo groups is 2. The maximum absolute atomic E-state index is 12.7. The summed E-state index contributed by atoms with van der Waals surface area (Å²) in [6.45, 7) is 0. The largest absolute Gasteiger partial charge is 0.351 e. The molecule has 0 saturated heterocycles. The number of benzene rings is 8. The van der Waals surface area contributed by atoms with Crippen LogP contribution in [0.1, 0.15) is 11.1 Å². The van der Waals surface area contributed by atoms with Gasteiger partial charge in [-0.05, 0) is 120 Å². The molecule has 34 nitrogen and oxygen atoms in total. The summed E-state index contributed by atoms with van der Waals surface area (Å²) in [4.78, 5) is 41.7. The van der Waals surface area contributed by atoms with Gasteiger partial charge in [-0.25, -0.2) is 9.59 Å². The fraction of sp³-hybridized carbons (Fsp3) is 0. The number of nitrogens with zero attached hydrogens (tertiary/aromatic N) is 8. The predicted molar refractivity (Wildman–Crippen MR) is 328 cm³/mol. The van der Waals surface area contributed by atoms with Crippen molar-refractivity contribution < 1.29 is 77.8 Å². The molecule has 8 aromatic carbocycles. The third-order valence-electron chi connectivity index (χ3n) is 12.6. The minimum atomic E-state index is -5.06. The highest BCUT2D eigenvalue weighted by atomic mass is 32.2. The van der Waals surface area contributed by atoms with Crippen molar-refractivity contribution in [3.8, 4) is 0 Å². The van der Waals surface area contributed by atoms with Gasteiger partial charge in [-0.2, -0.15) is 90.9 Å². The number of anilines is 8. The Labute approximate surface area is 517 Å². The Bertz CT molecular complexity index is 5300. The molecule has 0 aliphatic heterocycles. The number of fused-ring (bicyclic) bond motifs is 2. The van der Waals surface area contributed by atoms with E-state index in [1.165, 1.54) is 97.1 Å². The second-order valence-electron chi connectivity index (χ2n) is 18.9. The molecule has 0 radical (unpaired) electrons. The molecule has 0 saturated carbocycles. The van der Waals surface area contributed by atoms with Crippen LogP contribution in [-0.2, 0) is 60.7 Å². The molecular weight excluding hydrogens is 1330 g/mol. The number of H-pyrrole nitrogens is 2. The van der Waals surface area contributed by atoms with E-state index in [1.54, 1.807) is 0 Å². The first-order chi connectivity index (χ1) is 43.1. The highest BCUT2D eigenvalue weighted by molar-refractivity contribution is 7.87. The van der Waals surface area contributed by atoms with Gasteiger partial charge in [0.25, 0.3) is 60.7 Å². The average molecular weight is 1370 g/mol. The second-order valence-corrected chi connectivity index (χ2v) is 27.3. The van der Waals surface area contributed by atoms with Crippen LogP contribution in [0.5, 0.6) is 0 Å². The molecule has 10 aromatic rings. The predicted octanol–water partition coefficient (Wildman–Crippen LogP) is 8.41. The molecule has 12 N–H and O–H groups in total. The maximum atomic E-state index is 12.7. The topological polar surface area (TPSA) is 541 Å². The Morgan fingerprint density at radius 3 is 0.989 bits per heavy atom. The lowest BCUT2D eigenvalue weighted by atomic mass is 10.1. The monoisotopic (exact) mass is 1370 g/mol. The summed E-state index contributed by atoms with van der Waals surface area (Å²) in [6.07, 6.45) is 2.20. The van der Waals surface area contributed by atoms with E-state index in [4.69, 9.17) is 0 Å². The van der Waals surface area contributed by atoms with Crippen molar-refractivity contribution in [3.05, 3.63) is 178 Å². The molecule has 0 amide bonds. The molecule has 0 aliphatic carbocycles. The van der Waals surface area contributed by atoms with Crippen LogP contribution >= 0.6 is 0 Å². The van der Waals surface area contributed by atoms with Crippen LogP contribution in [0, 0.1) is 0 Å². The highest BCUT2D eigenvalue weighted by Crippen LogP contribution is 2.37. The van der Waals surface area contributed by atoms with Gasteiger partial charge in [0.15, 0.2) is 0 Å². The number of aromatic nitrogens is 6. The van der Waals surface area contributed by atoms with Crippen LogP contribution in [0.2, 0.25) is 0 Å². The number of hydrogen-bond acceptors (Lipinski definition) is 26. The highest BCUT2D eigenvalue weighted by Gasteiger charge is 2.24. The average Bonchev–Trinajstić information content (AvgIpc) is 0.772. The van der Waals surface area contributed by atoms with Crippen LogP contribution in [0.25, 0.3) is 33.7 Å². The molecule has 0 atom stereocenters. The van der Waals surface area contributed by atoms with Crippen molar-refractivity contribution >= 4 is 164 Å². The first kappa shape index (κ1) is 64.5. The Balaban J connectivity index is 0.811. The Hall–Kier alpha value is -10.5. The zero-order valence-corrected chi connectivity index (χ0v) is 50.3. The molecule has 92 heavy (non-hydrogen) atoms. The van der Waals surface area contributed by atoms with Crippen molar-refractivity contribution in [1.82, 2.24) is 29.9 Å². The second kappa shape index (κ2) is 24.7. The van der Waals surface area contributed by atoms with Crippen molar-refractivity contribution in [1.29, 1.82) is 0 Å². The van der Waals surface area contributed by atoms with E-state index in [2.05, 4.69) is 71.6 Å². The van der Waals surface area contributed by atoms with E-state index < -0.39 is 101 Å². The fourth-order valence-corrected chi connectivity index (χ4v) is 13.0. The maximum Gasteiger partial charge on any atom is 0.351 e. The molecule has 0 bridgehead atoms. The molecule has 0 fully saturated rings. The summed E-state index contributed by atoms with van der Waals surface area (Å²) >= 11 is 0. The summed E-state index contributed by atoms with van der Waals surface area (Å²) in [7, 11) is -29.7. The van der Waals surface area contributed by atoms with Gasteiger partial charge in [0, 0.05) is 44.3 Å². The Kier molecular flexibility index (Phi) is 17.3. The summed E-state index contributed by atoms with van der Waals surface area (Å²) in [5.74, 6) is -1.15. The van der Waals surface area contributed by atoms with E-state index in [9.17, 15) is 87.4 Å². The van der Waals surface area contributed by atoms with Gasteiger partial charge in [0.05, 0.1) is 22.7 Å². The van der Waals surface area contributed by atoms with Crippen molar-refractivity contribution in [2.24, 2.45) is 20.5 Å². The van der Waals surface area contributed by atoms with Gasteiger partial charge in [-0.15, -0.1) is 0 Å². The SMILES string of the molecule is O=c1nc(Nc2ccc(N=Nc3cc(S(=O)(=O)O)c4cccc(S(=O)(=O)O)c4c3)cc2)nc(Nc2ccc(C=Cc3ccc(Nc4nc(Nc5ccc(N=Nc6cc(S(=O)(=O)O)c7cccc(S(=O)(=O)O)c7c6)cc5)nc(=O)[nH]4)cc3S(=O)(=O)O)c(S(=O)(=O)O)c2)[nH]1. The van der Waals surface area contributed by atoms with Gasteiger partial charge in [-0.1, -0.05) is 48.6 Å². The minimum Gasteiger partial charge on any atom is -0.326 e. The summed E-state index contributed by atoms with van der Waals surface area (Å²) in [5.41, 5.74) is -1.98. The van der Waals surface area contributed by atoms with Gasteiger partial charge < -0.3 is 21.3 Å². The van der Waals surface area contributed by atoms with E-state index in [1.807, 2.05) is 0 Å². The lowest BCUT2D eigenvalue weighted by Crippen LogP contribution is -2.16. The lowest BCUT2D eigenvalue weighted by molar-refractivity contribution is 0.480. The van der Waals surface area contributed by atoms with E-state index in [0.717, 1.165) is 60.7 Å². The molecule has 0 unspecified atom stereocenters. The molecule has 472 valence electrons. The van der Waals surface area contributed by atoms with Crippen LogP contribution < -0.4 is 32.6 Å². The molecule has 0 spiro atoms. The minimum absolute atomic E-state index is 0.0643. The van der Waals surface area contributed by atoms with Crippen molar-refractivity contribution in [3.63, 3.8) is 0 Å². The zero-order valence-electron chi connectivity index (χ0n) is 45.4. The fourth-order valence-electron chi connectivity index (χ4n) is 8.72. The van der Waals surface area contributed by atoms with Crippen LogP contribution in [-0.4, -0.2) is 108 Å². The molecular formula is C52H38N14O20S6. The number of hydrogen-bond donors (Lipinski definition) is 12. The van der Waals surface area contributed by atoms with E-state index in [0.29, 0.717) is 0 Å². The molecule has 0 aliphatic rings. The number of rotatable bonds is 20. The van der Waals surface area contributed by atoms with Crippen molar-refractivity contribution in [2.75, 3.05) is 21.3 Å². The zero-order chi connectivity index (χ0) is 66.3. The third-order valence-corrected chi connectivity index (χ3v) is 18.0. The molecule has 2 heterocycles. The molecule has 40 heteroatoms. The van der Waals surface area contributed by atoms with E-state index in [-0.39, 0.29) is 102 Å². The van der Waals surface area contributed by atoms with Crippen LogP contribution in [0.15, 0.2) is 205 Å². The quantitative estimate of drug-likeness (QED) is 0.0193. The van der Waals surface area contributed by atoms with Crippen LogP contribution in [0.3, 0.4) is 0 Å². The first-order valence-electron chi connectivity index (χ1n) is 25.1. The van der Waals surface area contributed by atoms with E-state index >= 15 is 0 Å². The smallest absolute Gasteiger partial charge is 0.326 e. The van der Waals surface area contributed by atoms with Gasteiger partial charge in [0.1, 0.15) is 29.4 Å². The first-order valence-corrected chi connectivity index (χ1v) is 33.8. The van der Waals surface area contributed by atoms with Crippen molar-refractivity contribution in [2.45, 2.75) is 29.4 Å². The normalized spacial score (nSPS) is 12.7. The number of aromatic amines is 2. The third kappa shape index (κ3) is 15.4. The summed E-state index contributed by atoms with van der Waals surface area (Å²) < 4.78 is 208. The standard InChI is InChI=1S/C52H38N14O20S6/c67-51-59-47(53-29-13-17-31(18-14-29)63-65-35-21-39-37(45(25-35)91(81,82)83)3-1-5-41(39)87(69,70)71)57-49(61-51)55-33-11-9-27(43(23-33)89(75,76)77)7-8-28-10-12-34(24-44(28)90(78,79)80)56-50-58-48(60-52(68)62-50)54-30-15-19-32(20-16-30)64-66-36-22-40-38(46(26-36)92(84,85)86)4-2-6-42(40)88(72,73)74/h1-26H,(H,69,70,71)(H,72,73,74)(H,75,76,77)(H,78,79,80)(H,81,82,83)(H,84,85,86)(H3,53,55,57,59,61,67)(H3,54,56,58,60,62,68). The molecule has 2 aromatic heterocycles.